The Bertz CT molecular complexity index is 861. The van der Waals surface area contributed by atoms with Gasteiger partial charge in [0.1, 0.15) is 25.4 Å². The monoisotopic (exact) mass is 432 g/mol. The molecule has 3 fully saturated rings. The van der Waals surface area contributed by atoms with E-state index in [2.05, 4.69) is 11.3 Å². The second-order valence-electron chi connectivity index (χ2n) is 7.28. The Balaban J connectivity index is 1.57. The van der Waals surface area contributed by atoms with Crippen LogP contribution in [0.25, 0.3) is 0 Å². The minimum atomic E-state index is -4.51. The first kappa shape index (κ1) is 21.2. The lowest BCUT2D eigenvalue weighted by Gasteiger charge is -2.30. The van der Waals surface area contributed by atoms with Crippen LogP contribution >= 0.6 is 0 Å². The van der Waals surface area contributed by atoms with Gasteiger partial charge < -0.3 is 18.9 Å². The molecule has 2 aliphatic carbocycles. The quantitative estimate of drug-likeness (QED) is 0.169. The summed E-state index contributed by atoms with van der Waals surface area (Å²) < 4.78 is 50.0. The summed E-state index contributed by atoms with van der Waals surface area (Å²) in [5.74, 6) is -6.54. The molecule has 6 unspecified atom stereocenters. The van der Waals surface area contributed by atoms with Crippen LogP contribution in [-0.2, 0) is 48.2 Å². The fourth-order valence-electron chi connectivity index (χ4n) is 4.28. The third-order valence-corrected chi connectivity index (χ3v) is 5.90. The van der Waals surface area contributed by atoms with E-state index in [9.17, 15) is 27.6 Å². The summed E-state index contributed by atoms with van der Waals surface area (Å²) >= 11 is 0. The first-order valence-corrected chi connectivity index (χ1v) is 10.4. The van der Waals surface area contributed by atoms with Crippen molar-refractivity contribution in [2.24, 2.45) is 23.7 Å². The minimum absolute atomic E-state index is 0.180. The van der Waals surface area contributed by atoms with Gasteiger partial charge in [-0.1, -0.05) is 6.58 Å². The number of fused-ring (bicyclic) bond motifs is 1. The van der Waals surface area contributed by atoms with Crippen LogP contribution in [0.3, 0.4) is 0 Å². The summed E-state index contributed by atoms with van der Waals surface area (Å²) in [4.78, 5) is 47.8. The Kier molecular flexibility index (Phi) is 5.68. The van der Waals surface area contributed by atoms with Crippen molar-refractivity contribution in [3.05, 3.63) is 12.2 Å². The Morgan fingerprint density at radius 3 is 2.48 bits per heavy atom. The van der Waals surface area contributed by atoms with E-state index in [1.807, 2.05) is 0 Å². The second-order valence-corrected chi connectivity index (χ2v) is 8.73. The summed E-state index contributed by atoms with van der Waals surface area (Å²) in [5, 5.41) is 0. The largest absolute Gasteiger partial charge is 0.462 e. The predicted octanol–water partition coefficient (Wildman–Crippen LogP) is -0.744. The molecule has 6 atom stereocenters. The third-order valence-electron chi connectivity index (χ3n) is 5.30. The van der Waals surface area contributed by atoms with Crippen molar-refractivity contribution in [2.75, 3.05) is 19.0 Å². The van der Waals surface area contributed by atoms with Crippen LogP contribution < -0.4 is 0 Å². The smallest absolute Gasteiger partial charge is 0.333 e. The molecule has 0 radical (unpaired) electrons. The van der Waals surface area contributed by atoms with Gasteiger partial charge in [-0.25, -0.2) is 4.79 Å². The van der Waals surface area contributed by atoms with Crippen molar-refractivity contribution in [3.8, 4) is 0 Å². The summed E-state index contributed by atoms with van der Waals surface area (Å²) in [6.07, 6.45) is -0.888. The van der Waals surface area contributed by atoms with E-state index in [4.69, 9.17) is 18.8 Å². The normalized spacial score (nSPS) is 31.9. The topological polar surface area (TPSA) is 160 Å². The van der Waals surface area contributed by atoms with Crippen LogP contribution in [0.1, 0.15) is 13.3 Å². The number of hydrogen-bond donors (Lipinski definition) is 1. The Morgan fingerprint density at radius 2 is 1.86 bits per heavy atom. The molecule has 3 aliphatic rings. The number of rotatable bonds is 8. The van der Waals surface area contributed by atoms with Crippen LogP contribution in [0.15, 0.2) is 12.2 Å². The number of esters is 4. The van der Waals surface area contributed by atoms with Gasteiger partial charge in [0.15, 0.2) is 5.75 Å². The highest BCUT2D eigenvalue weighted by atomic mass is 32.2. The molecule has 2 bridgehead atoms. The van der Waals surface area contributed by atoms with Crippen molar-refractivity contribution in [3.63, 3.8) is 0 Å². The lowest BCUT2D eigenvalue weighted by Crippen LogP contribution is -2.44. The molecule has 160 valence electrons. The highest BCUT2D eigenvalue weighted by Gasteiger charge is 2.70. The Hall–Kier alpha value is -2.47. The summed E-state index contributed by atoms with van der Waals surface area (Å²) in [6.45, 7) is 4.19. The lowest BCUT2D eigenvalue weighted by atomic mass is 9.78. The molecule has 3 rings (SSSR count). The third kappa shape index (κ3) is 4.27. The second kappa shape index (κ2) is 7.75. The summed E-state index contributed by atoms with van der Waals surface area (Å²) in [5.41, 5.74) is 0.180. The van der Waals surface area contributed by atoms with Crippen molar-refractivity contribution in [1.82, 2.24) is 0 Å². The van der Waals surface area contributed by atoms with Crippen LogP contribution in [0.4, 0.5) is 0 Å². The SMILES string of the molecule is C=C(C)C(=O)OC1C2CC3C1OC(=O)C3C2C(=O)OCCOC(=O)CS(=O)(=O)O. The fourth-order valence-corrected chi connectivity index (χ4v) is 4.66. The maximum Gasteiger partial charge on any atom is 0.333 e. The molecular weight excluding hydrogens is 412 g/mol. The minimum Gasteiger partial charge on any atom is -0.462 e. The molecule has 0 amide bonds. The maximum atomic E-state index is 12.5. The predicted molar refractivity (Wildman–Crippen MR) is 91.5 cm³/mol. The average molecular weight is 432 g/mol. The zero-order valence-electron chi connectivity index (χ0n) is 15.4. The van der Waals surface area contributed by atoms with Gasteiger partial charge in [0.05, 0.1) is 11.8 Å². The molecule has 1 heterocycles. The van der Waals surface area contributed by atoms with E-state index in [1.54, 1.807) is 0 Å². The lowest BCUT2D eigenvalue weighted by molar-refractivity contribution is -0.164. The number of carbonyl (C=O) groups is 4. The summed E-state index contributed by atoms with van der Waals surface area (Å²) in [6, 6.07) is 0. The summed E-state index contributed by atoms with van der Waals surface area (Å²) in [7, 11) is -4.51. The molecule has 0 aromatic rings. The van der Waals surface area contributed by atoms with Crippen molar-refractivity contribution < 1.29 is 51.1 Å². The number of ether oxygens (including phenoxy) is 4. The van der Waals surface area contributed by atoms with E-state index in [1.165, 1.54) is 6.92 Å². The van der Waals surface area contributed by atoms with Gasteiger partial charge in [0.25, 0.3) is 10.1 Å². The van der Waals surface area contributed by atoms with Crippen molar-refractivity contribution in [1.29, 1.82) is 0 Å². The molecule has 2 saturated carbocycles. The van der Waals surface area contributed by atoms with E-state index in [0.717, 1.165) is 0 Å². The van der Waals surface area contributed by atoms with Crippen LogP contribution in [0.5, 0.6) is 0 Å². The molecule has 0 aromatic carbocycles. The van der Waals surface area contributed by atoms with Gasteiger partial charge in [-0.05, 0) is 13.3 Å². The molecule has 11 nitrogen and oxygen atoms in total. The first-order valence-electron chi connectivity index (χ1n) is 8.84. The Labute approximate surface area is 166 Å². The van der Waals surface area contributed by atoms with E-state index in [-0.39, 0.29) is 18.1 Å². The molecule has 1 saturated heterocycles. The van der Waals surface area contributed by atoms with Gasteiger partial charge in [0, 0.05) is 17.4 Å². The first-order chi connectivity index (χ1) is 13.5. The molecule has 29 heavy (non-hydrogen) atoms. The van der Waals surface area contributed by atoms with E-state index >= 15 is 0 Å². The van der Waals surface area contributed by atoms with Gasteiger partial charge in [-0.2, -0.15) is 8.42 Å². The van der Waals surface area contributed by atoms with Crippen LogP contribution in [-0.4, -0.2) is 68.0 Å². The highest BCUT2D eigenvalue weighted by Crippen LogP contribution is 2.59. The highest BCUT2D eigenvalue weighted by molar-refractivity contribution is 7.86. The van der Waals surface area contributed by atoms with Crippen molar-refractivity contribution in [2.45, 2.75) is 25.6 Å². The maximum absolute atomic E-state index is 12.5. The zero-order chi connectivity index (χ0) is 21.5. The zero-order valence-corrected chi connectivity index (χ0v) is 16.3. The number of carbonyl (C=O) groups excluding carboxylic acids is 4. The standard InChI is InChI=1S/C17H20O11S/c1-7(2)15(19)27-13-8-5-9-12(17(21)28-14(9)13)11(8)16(20)26-4-3-25-10(18)6-29(22,23)24/h8-9,11-14H,1,3-6H2,2H3,(H,22,23,24). The molecule has 1 aliphatic heterocycles. The average Bonchev–Trinajstić information content (AvgIpc) is 3.20. The van der Waals surface area contributed by atoms with Crippen LogP contribution in [0, 0.1) is 23.7 Å². The molecule has 0 aromatic heterocycles. The molecule has 12 heteroatoms. The molecule has 1 N–H and O–H groups in total. The van der Waals surface area contributed by atoms with Gasteiger partial charge in [-0.15, -0.1) is 0 Å². The van der Waals surface area contributed by atoms with E-state index < -0.39 is 76.3 Å². The fraction of sp³-hybridized carbons (Fsp3) is 0.647. The van der Waals surface area contributed by atoms with Crippen LogP contribution in [0.2, 0.25) is 0 Å². The molecule has 0 spiro atoms. The van der Waals surface area contributed by atoms with Crippen molar-refractivity contribution >= 4 is 34.0 Å². The van der Waals surface area contributed by atoms with Gasteiger partial charge >= 0.3 is 23.9 Å². The van der Waals surface area contributed by atoms with E-state index in [0.29, 0.717) is 6.42 Å². The van der Waals surface area contributed by atoms with Gasteiger partial charge in [-0.3, -0.25) is 18.9 Å². The van der Waals surface area contributed by atoms with Gasteiger partial charge in [0.2, 0.25) is 0 Å². The Morgan fingerprint density at radius 1 is 1.21 bits per heavy atom. The molecular formula is C17H20O11S. The number of hydrogen-bond acceptors (Lipinski definition) is 10.